The topological polar surface area (TPSA) is 305 Å². The number of nitrogens with two attached hydrogens (primary N) is 1. The Labute approximate surface area is 387 Å². The number of primary amides is 1. The zero-order valence-electron chi connectivity index (χ0n) is 37.5. The molecular weight excluding hydrogens is 863 g/mol. The molecule has 1 aromatic heterocycles. The Morgan fingerprint density at radius 3 is 2.18 bits per heavy atom. The summed E-state index contributed by atoms with van der Waals surface area (Å²) in [5.41, 5.74) is 7.48. The molecule has 1 aliphatic rings. The molecule has 1 saturated heterocycles. The van der Waals surface area contributed by atoms with E-state index in [-0.39, 0.29) is 51.5 Å². The molecule has 20 heteroatoms. The van der Waals surface area contributed by atoms with Crippen LogP contribution in [0.4, 0.5) is 0 Å². The number of nitrogens with zero attached hydrogens (tertiary/aromatic N) is 1. The highest BCUT2D eigenvalue weighted by atomic mass is 16.2. The molecule has 67 heavy (non-hydrogen) atoms. The molecule has 9 amide bonds. The molecule has 0 spiro atoms. The fourth-order valence-corrected chi connectivity index (χ4v) is 7.51. The third-order valence-corrected chi connectivity index (χ3v) is 11.1. The number of fused-ring (bicyclic) bond motifs is 1. The molecule has 20 nitrogen and oxygen atoms in total. The van der Waals surface area contributed by atoms with Gasteiger partial charge in [-0.15, -0.1) is 0 Å². The van der Waals surface area contributed by atoms with Crippen LogP contribution >= 0.6 is 0 Å². The lowest BCUT2D eigenvalue weighted by molar-refractivity contribution is -0.135. The van der Waals surface area contributed by atoms with E-state index in [4.69, 9.17) is 5.73 Å². The Bertz CT molecular complexity index is 2380. The van der Waals surface area contributed by atoms with E-state index < -0.39 is 96.0 Å². The Morgan fingerprint density at radius 2 is 1.48 bits per heavy atom. The summed E-state index contributed by atoms with van der Waals surface area (Å²) >= 11 is 0. The molecule has 5 rings (SSSR count). The van der Waals surface area contributed by atoms with Crippen molar-refractivity contribution < 1.29 is 43.2 Å². The molecule has 1 aliphatic heterocycles. The minimum absolute atomic E-state index is 0.0331. The highest BCUT2D eigenvalue weighted by molar-refractivity contribution is 5.97. The van der Waals surface area contributed by atoms with Crippen molar-refractivity contribution in [3.8, 4) is 0 Å². The number of carbonyl (C=O) groups excluding carboxylic acids is 9. The monoisotopic (exact) mass is 921 g/mol. The molecule has 6 atom stereocenters. The second kappa shape index (κ2) is 25.2. The standard InChI is InChI=1S/C47H59N11O9/c1-3-4-14-34(53-28(2)59)44(64)55-35-17-18-40(60)50-20-19-36(46(66)56-37(42(48)62)23-30-15-16-31-12-8-9-13-32(31)21-30)54-41(61)26-51-43(63)38(22-29-10-6-5-7-11-29)57-47(67)39(58-45(35)65)24-33-25-49-27-52-33/h5-13,15-16,21,25,27,34-39H,3-4,14,17-20,22-24,26H2,1-2H3,(H2,48,62)(H,49,52)(H,50,60)(H,51,63)(H,53,59)(H,54,61)(H,55,64)(H,56,66)(H,57,67)(H,58,65)/t34-,35?,36?,37?,38?,39-/m0/s1. The summed E-state index contributed by atoms with van der Waals surface area (Å²) < 4.78 is 0. The SMILES string of the molecule is CCCC[C@H](NC(C)=O)C(=O)NC1CCC(=O)NCCC(C(=O)NC(Cc2ccc3ccccc3c2)C(N)=O)NC(=O)CNC(=O)C(Cc2ccccc2)NC(=O)[C@H](Cc2c[nH]cn2)NC1=O. The number of imidazole rings is 1. The first kappa shape index (κ1) is 50.4. The second-order valence-corrected chi connectivity index (χ2v) is 16.4. The van der Waals surface area contributed by atoms with Gasteiger partial charge in [0, 0.05) is 45.3 Å². The van der Waals surface area contributed by atoms with Crippen LogP contribution < -0.4 is 48.3 Å². The van der Waals surface area contributed by atoms with Crippen molar-refractivity contribution in [3.63, 3.8) is 0 Å². The summed E-state index contributed by atoms with van der Waals surface area (Å²) in [7, 11) is 0. The van der Waals surface area contributed by atoms with E-state index in [9.17, 15) is 43.2 Å². The lowest BCUT2D eigenvalue weighted by Gasteiger charge is -2.26. The molecule has 0 aliphatic carbocycles. The van der Waals surface area contributed by atoms with E-state index >= 15 is 0 Å². The van der Waals surface area contributed by atoms with Crippen LogP contribution in [0, 0.1) is 0 Å². The zero-order valence-corrected chi connectivity index (χ0v) is 37.5. The summed E-state index contributed by atoms with van der Waals surface area (Å²) in [5.74, 6) is -6.58. The average Bonchev–Trinajstić information content (AvgIpc) is 3.82. The van der Waals surface area contributed by atoms with Gasteiger partial charge in [-0.2, -0.15) is 0 Å². The van der Waals surface area contributed by atoms with Crippen LogP contribution in [0.3, 0.4) is 0 Å². The van der Waals surface area contributed by atoms with Crippen LogP contribution in [0.2, 0.25) is 0 Å². The molecule has 0 bridgehead atoms. The quantitative estimate of drug-likeness (QED) is 0.0737. The first-order chi connectivity index (χ1) is 32.2. The normalized spacial score (nSPS) is 19.9. The Morgan fingerprint density at radius 1 is 0.761 bits per heavy atom. The van der Waals surface area contributed by atoms with Gasteiger partial charge in [-0.25, -0.2) is 4.98 Å². The lowest BCUT2D eigenvalue weighted by Crippen LogP contribution is -2.59. The molecule has 3 aromatic carbocycles. The van der Waals surface area contributed by atoms with E-state index in [1.54, 1.807) is 30.3 Å². The fraction of sp³-hybridized carbons (Fsp3) is 0.404. The average molecular weight is 922 g/mol. The molecule has 0 saturated carbocycles. The highest BCUT2D eigenvalue weighted by Crippen LogP contribution is 2.17. The van der Waals surface area contributed by atoms with Gasteiger partial charge >= 0.3 is 0 Å². The molecule has 2 heterocycles. The molecule has 0 radical (unpaired) electrons. The maximum atomic E-state index is 14.2. The summed E-state index contributed by atoms with van der Waals surface area (Å²) in [4.78, 5) is 128. The second-order valence-electron chi connectivity index (χ2n) is 16.4. The minimum atomic E-state index is -1.40. The van der Waals surface area contributed by atoms with Crippen LogP contribution in [0.1, 0.15) is 69.2 Å². The Kier molecular flexibility index (Phi) is 18.9. The summed E-state index contributed by atoms with van der Waals surface area (Å²) in [6.07, 6.45) is 3.52. The van der Waals surface area contributed by atoms with Crippen LogP contribution in [-0.2, 0) is 62.4 Å². The van der Waals surface area contributed by atoms with E-state index in [1.807, 2.05) is 49.4 Å². The van der Waals surface area contributed by atoms with E-state index in [2.05, 4.69) is 52.5 Å². The summed E-state index contributed by atoms with van der Waals surface area (Å²) in [6.45, 7) is 2.35. The van der Waals surface area contributed by atoms with Crippen molar-refractivity contribution in [3.05, 3.63) is 102 Å². The number of carbonyl (C=O) groups is 9. The van der Waals surface area contributed by atoms with Crippen LogP contribution in [-0.4, -0.2) is 112 Å². The maximum Gasteiger partial charge on any atom is 0.243 e. The van der Waals surface area contributed by atoms with Gasteiger partial charge in [-0.05, 0) is 41.2 Å². The van der Waals surface area contributed by atoms with E-state index in [0.29, 0.717) is 29.7 Å². The molecule has 4 aromatic rings. The number of hydrogen-bond acceptors (Lipinski definition) is 10. The van der Waals surface area contributed by atoms with E-state index in [0.717, 1.165) is 10.8 Å². The van der Waals surface area contributed by atoms with Gasteiger partial charge in [0.25, 0.3) is 0 Å². The van der Waals surface area contributed by atoms with Gasteiger partial charge in [0.1, 0.15) is 36.3 Å². The minimum Gasteiger partial charge on any atom is -0.368 e. The predicted molar refractivity (Wildman–Crippen MR) is 246 cm³/mol. The van der Waals surface area contributed by atoms with Gasteiger partial charge in [0.2, 0.25) is 53.2 Å². The van der Waals surface area contributed by atoms with Crippen molar-refractivity contribution in [1.82, 2.24) is 52.5 Å². The number of amides is 9. The van der Waals surface area contributed by atoms with Crippen molar-refractivity contribution in [1.29, 1.82) is 0 Å². The van der Waals surface area contributed by atoms with Crippen molar-refractivity contribution in [2.75, 3.05) is 13.1 Å². The molecular formula is C47H59N11O9. The number of hydrogen-bond donors (Lipinski definition) is 10. The number of aromatic nitrogens is 2. The lowest BCUT2D eigenvalue weighted by atomic mass is 10.0. The predicted octanol–water partition coefficient (Wildman–Crippen LogP) is -0.389. The summed E-state index contributed by atoms with van der Waals surface area (Å²) in [6, 6.07) is 14.3. The van der Waals surface area contributed by atoms with Gasteiger partial charge in [0.15, 0.2) is 0 Å². The fourth-order valence-electron chi connectivity index (χ4n) is 7.51. The number of rotatable bonds is 15. The third kappa shape index (κ3) is 16.1. The van der Waals surface area contributed by atoms with Crippen LogP contribution in [0.15, 0.2) is 85.3 Å². The van der Waals surface area contributed by atoms with Gasteiger partial charge in [0.05, 0.1) is 18.6 Å². The molecule has 4 unspecified atom stereocenters. The Balaban J connectivity index is 1.42. The largest absolute Gasteiger partial charge is 0.368 e. The van der Waals surface area contributed by atoms with Crippen molar-refractivity contribution in [2.24, 2.45) is 5.73 Å². The van der Waals surface area contributed by atoms with Crippen molar-refractivity contribution in [2.45, 2.75) is 108 Å². The number of nitrogens with one attached hydrogen (secondary N) is 9. The van der Waals surface area contributed by atoms with Gasteiger partial charge in [-0.3, -0.25) is 43.2 Å². The number of H-pyrrole nitrogens is 1. The maximum absolute atomic E-state index is 14.2. The van der Waals surface area contributed by atoms with E-state index in [1.165, 1.54) is 19.4 Å². The third-order valence-electron chi connectivity index (χ3n) is 11.1. The molecule has 1 fully saturated rings. The van der Waals surface area contributed by atoms with Crippen molar-refractivity contribution >= 4 is 63.9 Å². The first-order valence-electron chi connectivity index (χ1n) is 22.3. The number of benzene rings is 3. The van der Waals surface area contributed by atoms with Crippen LogP contribution in [0.5, 0.6) is 0 Å². The smallest absolute Gasteiger partial charge is 0.243 e. The summed E-state index contributed by atoms with van der Waals surface area (Å²) in [5, 5.41) is 22.9. The Hall–Kier alpha value is -7.64. The van der Waals surface area contributed by atoms with Crippen LogP contribution in [0.25, 0.3) is 10.8 Å². The molecule has 11 N–H and O–H groups in total. The highest BCUT2D eigenvalue weighted by Gasteiger charge is 2.33. The molecule has 356 valence electrons. The first-order valence-corrected chi connectivity index (χ1v) is 22.3. The number of unbranched alkanes of at least 4 members (excludes halogenated alkanes) is 1. The zero-order chi connectivity index (χ0) is 48.3. The number of aromatic amines is 1. The van der Waals surface area contributed by atoms with Gasteiger partial charge < -0.3 is 53.3 Å². The van der Waals surface area contributed by atoms with Gasteiger partial charge in [-0.1, -0.05) is 92.6 Å².